The maximum atomic E-state index is 4.46. The molecule has 0 unspecified atom stereocenters. The van der Waals surface area contributed by atoms with Gasteiger partial charge in [-0.15, -0.1) is 0 Å². The molecule has 0 aliphatic carbocycles. The van der Waals surface area contributed by atoms with Crippen molar-refractivity contribution in [3.63, 3.8) is 0 Å². The van der Waals surface area contributed by atoms with E-state index in [0.717, 1.165) is 0 Å². The quantitative estimate of drug-likeness (QED) is 0.454. The average molecular weight is 340 g/mol. The van der Waals surface area contributed by atoms with Crippen LogP contribution >= 0.6 is 21.0 Å². The van der Waals surface area contributed by atoms with Gasteiger partial charge < -0.3 is 0 Å². The van der Waals surface area contributed by atoms with E-state index in [0.29, 0.717) is 3.42 Å². The van der Waals surface area contributed by atoms with Gasteiger partial charge in [-0.2, -0.15) is 0 Å². The van der Waals surface area contributed by atoms with Crippen LogP contribution in [0.3, 0.4) is 0 Å². The molecule has 0 saturated heterocycles. The van der Waals surface area contributed by atoms with Crippen molar-refractivity contribution >= 4 is 21.0 Å². The number of halogens is 2. The molecule has 0 aromatic rings. The number of rotatable bonds is 1. The molecule has 3 heteroatoms. The Kier molecular flexibility index (Phi) is 4.79. The van der Waals surface area contributed by atoms with E-state index >= 15 is 0 Å². The number of hydrogen-bond acceptors (Lipinski definition) is 1. The van der Waals surface area contributed by atoms with Crippen molar-refractivity contribution in [1.29, 1.82) is 0 Å². The predicted octanol–water partition coefficient (Wildman–Crippen LogP) is -0.427. The standard InChI is InChI=1S/C5H12I2N/c1-5(2,3)7-8-6-4/h1-4H3/q-1. The van der Waals surface area contributed by atoms with Crippen LogP contribution in [0.2, 0.25) is 0 Å². The number of nitrogens with zero attached hydrogens (tertiary/aromatic N) is 1. The van der Waals surface area contributed by atoms with E-state index in [-0.39, 0.29) is 42.5 Å². The summed E-state index contributed by atoms with van der Waals surface area (Å²) < 4.78 is 4.99. The van der Waals surface area contributed by atoms with Gasteiger partial charge in [-0.25, -0.2) is 0 Å². The van der Waals surface area contributed by atoms with Gasteiger partial charge in [0, 0.05) is 0 Å². The molecule has 0 aliphatic heterocycles. The van der Waals surface area contributed by atoms with E-state index in [1.54, 1.807) is 0 Å². The van der Waals surface area contributed by atoms with Crippen molar-refractivity contribution in [2.45, 2.75) is 24.2 Å². The first kappa shape index (κ1) is 9.26. The van der Waals surface area contributed by atoms with Crippen molar-refractivity contribution < 1.29 is 21.5 Å². The molecule has 0 aromatic carbocycles. The van der Waals surface area contributed by atoms with Crippen LogP contribution in [0, 0.1) is 0 Å². The summed E-state index contributed by atoms with van der Waals surface area (Å²) in [6.45, 7) is 6.80. The molecular formula is C5H12I2N-. The van der Waals surface area contributed by atoms with Gasteiger partial charge in [0.2, 0.25) is 0 Å². The Labute approximate surface area is 72.4 Å². The molecule has 1 nitrogen and oxygen atoms in total. The third-order valence-electron chi connectivity index (χ3n) is 0.349. The Morgan fingerprint density at radius 2 is 1.88 bits per heavy atom. The number of alkyl halides is 2. The van der Waals surface area contributed by atoms with E-state index in [2.05, 4.69) is 27.1 Å². The van der Waals surface area contributed by atoms with E-state index in [1.807, 2.05) is 0 Å². The molecule has 0 bridgehead atoms. The van der Waals surface area contributed by atoms with Crippen LogP contribution in [-0.4, -0.2) is 8.35 Å². The summed E-state index contributed by atoms with van der Waals surface area (Å²) in [5.41, 5.74) is 0. The van der Waals surface area contributed by atoms with E-state index < -0.39 is 0 Å². The van der Waals surface area contributed by atoms with Crippen LogP contribution in [0.1, 0.15) is 20.8 Å². The van der Waals surface area contributed by atoms with Crippen molar-refractivity contribution in [3.05, 3.63) is 0 Å². The summed E-state index contributed by atoms with van der Waals surface area (Å²) in [5.74, 6) is 0. The first-order valence-electron chi connectivity index (χ1n) is 2.41. The summed E-state index contributed by atoms with van der Waals surface area (Å²) in [4.78, 5) is 2.21. The molecule has 0 N–H and O–H groups in total. The van der Waals surface area contributed by atoms with Gasteiger partial charge in [0.15, 0.2) is 0 Å². The average Bonchev–Trinajstić information content (AvgIpc) is 1.59. The summed E-state index contributed by atoms with van der Waals surface area (Å²) in [7, 11) is 0. The second-order valence-electron chi connectivity index (χ2n) is 2.38. The van der Waals surface area contributed by atoms with Gasteiger partial charge in [-0.05, 0) is 0 Å². The molecule has 0 amide bonds. The summed E-state index contributed by atoms with van der Waals surface area (Å²) >= 11 is 0.371. The minimum absolute atomic E-state index is 0.155. The molecule has 0 rings (SSSR count). The molecule has 0 aromatic heterocycles. The zero-order valence-electron chi connectivity index (χ0n) is 5.70. The van der Waals surface area contributed by atoms with Gasteiger partial charge >= 0.3 is 73.0 Å². The topological polar surface area (TPSA) is 12.4 Å². The molecule has 0 aliphatic rings. The Balaban J connectivity index is 3.52. The summed E-state index contributed by atoms with van der Waals surface area (Å²) in [6.07, 6.45) is 0. The monoisotopic (exact) mass is 340 g/mol. The molecule has 0 fully saturated rings. The fourth-order valence-electron chi connectivity index (χ4n) is 0.128. The van der Waals surface area contributed by atoms with Crippen LogP contribution in [0.5, 0.6) is 0 Å². The molecule has 0 spiro atoms. The van der Waals surface area contributed by atoms with E-state index in [9.17, 15) is 0 Å². The third kappa shape index (κ3) is 7.26. The second kappa shape index (κ2) is 4.14. The normalized spacial score (nSPS) is 14.5. The van der Waals surface area contributed by atoms with Crippen molar-refractivity contribution in [2.75, 3.05) is 4.93 Å². The Morgan fingerprint density at radius 3 is 2.00 bits per heavy atom. The first-order chi connectivity index (χ1) is 3.56. The second-order valence-corrected chi connectivity index (χ2v) is 9.88. The summed E-state index contributed by atoms with van der Waals surface area (Å²) in [5, 5.41) is 0. The Morgan fingerprint density at radius 1 is 1.38 bits per heavy atom. The molecule has 52 valence electrons. The summed E-state index contributed by atoms with van der Waals surface area (Å²) in [6, 6.07) is 0. The molecule has 0 heterocycles. The minimum atomic E-state index is 0.155. The number of hydrogen-bond donors (Lipinski definition) is 0. The van der Waals surface area contributed by atoms with Gasteiger partial charge in [0.05, 0.1) is 0 Å². The molecule has 0 radical (unpaired) electrons. The van der Waals surface area contributed by atoms with Crippen molar-refractivity contribution in [3.8, 4) is 0 Å². The van der Waals surface area contributed by atoms with Crippen molar-refractivity contribution in [1.82, 2.24) is 0 Å². The zero-order valence-corrected chi connectivity index (χ0v) is 10.0. The van der Waals surface area contributed by atoms with Crippen LogP contribution in [-0.2, 0) is 0 Å². The molecular weight excluding hydrogens is 328 g/mol. The molecule has 0 atom stereocenters. The van der Waals surface area contributed by atoms with Gasteiger partial charge in [-0.1, -0.05) is 0 Å². The Bertz CT molecular complexity index is 82.9. The van der Waals surface area contributed by atoms with Crippen LogP contribution in [0.4, 0.5) is 0 Å². The fourth-order valence-corrected chi connectivity index (χ4v) is 5.75. The van der Waals surface area contributed by atoms with Gasteiger partial charge in [0.25, 0.3) is 0 Å². The van der Waals surface area contributed by atoms with E-state index in [4.69, 9.17) is 0 Å². The SMILES string of the molecule is C[I-]N=IC(C)(C)C. The zero-order chi connectivity index (χ0) is 6.62. The van der Waals surface area contributed by atoms with Crippen LogP contribution in [0.15, 0.2) is 1.36 Å². The van der Waals surface area contributed by atoms with E-state index in [1.165, 1.54) is 0 Å². The van der Waals surface area contributed by atoms with Crippen LogP contribution < -0.4 is 21.5 Å². The van der Waals surface area contributed by atoms with Crippen LogP contribution in [0.25, 0.3) is 0 Å². The first-order valence-corrected chi connectivity index (χ1v) is 7.57. The van der Waals surface area contributed by atoms with Crippen molar-refractivity contribution in [2.24, 2.45) is 1.36 Å². The molecule has 0 saturated carbocycles. The predicted molar refractivity (Wildman–Crippen MR) is 42.1 cm³/mol. The van der Waals surface area contributed by atoms with Gasteiger partial charge in [0.1, 0.15) is 0 Å². The molecule has 8 heavy (non-hydrogen) atoms. The third-order valence-corrected chi connectivity index (χ3v) is 6.01. The Hall–Kier alpha value is 1.26. The van der Waals surface area contributed by atoms with Gasteiger partial charge in [-0.3, -0.25) is 0 Å². The fraction of sp³-hybridized carbons (Fsp3) is 1.00. The maximum absolute atomic E-state index is 4.46.